The van der Waals surface area contributed by atoms with Crippen molar-refractivity contribution in [3.05, 3.63) is 35.3 Å². The fourth-order valence-electron chi connectivity index (χ4n) is 4.83. The quantitative estimate of drug-likeness (QED) is 0.189. The first-order valence-electron chi connectivity index (χ1n) is 13.7. The molecule has 0 saturated heterocycles. The molecule has 0 fully saturated rings. The molecule has 0 saturated carbocycles. The number of hydrogen-bond acceptors (Lipinski definition) is 0. The van der Waals surface area contributed by atoms with Crippen LogP contribution in [0.1, 0.15) is 0 Å². The van der Waals surface area contributed by atoms with Crippen LogP contribution in [0.3, 0.4) is 0 Å². The van der Waals surface area contributed by atoms with Crippen LogP contribution in [-0.4, -0.2) is 64.7 Å². The van der Waals surface area contributed by atoms with Crippen LogP contribution in [0, 0.1) is 0 Å². The van der Waals surface area contributed by atoms with Gasteiger partial charge in [-0.2, -0.15) is 0 Å². The Labute approximate surface area is 228 Å². The molecule has 0 aliphatic rings. The zero-order valence-corrected chi connectivity index (χ0v) is 35.2. The zero-order valence-electron chi connectivity index (χ0n) is 26.8. The van der Waals surface area contributed by atoms with Crippen molar-refractivity contribution < 1.29 is 0 Å². The minimum absolute atomic E-state index is 0.915. The molecule has 0 N–H and O–H groups in total. The Balaban J connectivity index is 7.37. The van der Waals surface area contributed by atoms with Gasteiger partial charge in [-0.3, -0.25) is 0 Å². The summed E-state index contributed by atoms with van der Waals surface area (Å²) in [5, 5.41) is 0. The van der Waals surface area contributed by atoms with Crippen molar-refractivity contribution in [1.82, 2.24) is 0 Å². The fraction of sp³-hybridized carbons (Fsp3) is 0.778. The van der Waals surface area contributed by atoms with E-state index in [4.69, 9.17) is 0 Å². The molecule has 0 rings (SSSR count). The summed E-state index contributed by atoms with van der Waals surface area (Å²) in [6.07, 6.45) is 8.57. The predicted octanol–water partition coefficient (Wildman–Crippen LogP) is 10.5. The summed E-state index contributed by atoms with van der Waals surface area (Å²) in [6, 6.07) is 0. The first kappa shape index (κ1) is 35.2. The van der Waals surface area contributed by atoms with Gasteiger partial charge in [0.2, 0.25) is 0 Å². The predicted molar refractivity (Wildman–Crippen MR) is 184 cm³/mol. The first-order chi connectivity index (χ1) is 14.7. The standard InChI is InChI=1S/3C9H21Si2.Ga/c3*1-10(2,3)8-7-9-11(4,5)6;/h3*7-9H,1-6H3;/b3*8-7+;. The van der Waals surface area contributed by atoms with Crippen LogP contribution in [0.25, 0.3) is 0 Å². The first-order valence-corrected chi connectivity index (χ1v) is 39.4. The van der Waals surface area contributed by atoms with E-state index in [0.29, 0.717) is 0 Å². The third-order valence-corrected chi connectivity index (χ3v) is 48.3. The van der Waals surface area contributed by atoms with Crippen LogP contribution in [0.4, 0.5) is 0 Å². The van der Waals surface area contributed by atoms with E-state index in [0.717, 1.165) is 12.3 Å². The molecule has 3 atom stereocenters. The SMILES string of the molecule is C[Si](C)(C)/C=C/[CH]([Ga]([CH](/C=C/[Si](C)(C)C)[Si](C)(C)C)[CH](/C=C/[Si](C)(C)C)[Si](C)(C)C)[Si](C)(C)C. The van der Waals surface area contributed by atoms with Crippen LogP contribution in [0.5, 0.6) is 0 Å². The Kier molecular flexibility index (Phi) is 12.8. The van der Waals surface area contributed by atoms with Crippen LogP contribution in [0.2, 0.25) is 130 Å². The average molecular weight is 626 g/mol. The topological polar surface area (TPSA) is 0 Å². The van der Waals surface area contributed by atoms with Gasteiger partial charge in [0.05, 0.1) is 0 Å². The van der Waals surface area contributed by atoms with Gasteiger partial charge >= 0.3 is 230 Å². The normalized spacial score (nSPS) is 18.2. The van der Waals surface area contributed by atoms with Gasteiger partial charge in [-0.1, -0.05) is 0 Å². The monoisotopic (exact) mass is 624 g/mol. The molecule has 0 aromatic rings. The molecule has 0 aromatic carbocycles. The van der Waals surface area contributed by atoms with Crippen molar-refractivity contribution in [2.45, 2.75) is 130 Å². The molecular formula is C27H63GaSi6. The van der Waals surface area contributed by atoms with Crippen LogP contribution in [0.15, 0.2) is 35.3 Å². The second kappa shape index (κ2) is 12.3. The molecule has 0 aliphatic carbocycles. The van der Waals surface area contributed by atoms with Gasteiger partial charge in [0.25, 0.3) is 0 Å². The van der Waals surface area contributed by atoms with Gasteiger partial charge in [0.1, 0.15) is 0 Å². The number of hydrogen-bond donors (Lipinski definition) is 0. The summed E-state index contributed by atoms with van der Waals surface area (Å²) in [5.41, 5.74) is 8.21. The van der Waals surface area contributed by atoms with Crippen molar-refractivity contribution in [2.75, 3.05) is 0 Å². The van der Waals surface area contributed by atoms with Crippen molar-refractivity contribution in [2.24, 2.45) is 0 Å². The molecule has 0 heterocycles. The third kappa shape index (κ3) is 14.2. The summed E-state index contributed by atoms with van der Waals surface area (Å²) >= 11 is -1.92. The van der Waals surface area contributed by atoms with Crippen LogP contribution >= 0.6 is 0 Å². The van der Waals surface area contributed by atoms with E-state index in [1.807, 2.05) is 0 Å². The van der Waals surface area contributed by atoms with E-state index in [1.54, 1.807) is 0 Å². The van der Waals surface area contributed by atoms with Gasteiger partial charge in [-0.15, -0.1) is 0 Å². The average Bonchev–Trinajstić information content (AvgIpc) is 2.47. The van der Waals surface area contributed by atoms with Gasteiger partial charge in [0.15, 0.2) is 0 Å². The number of rotatable bonds is 12. The molecule has 7 heteroatoms. The Morgan fingerprint density at radius 1 is 0.353 bits per heavy atom. The second-order valence-electron chi connectivity index (χ2n) is 17.4. The van der Waals surface area contributed by atoms with Gasteiger partial charge in [-0.25, -0.2) is 0 Å². The molecule has 0 aliphatic heterocycles. The maximum atomic E-state index is 2.86. The number of allylic oxidation sites excluding steroid dienone is 3. The van der Waals surface area contributed by atoms with E-state index in [-0.39, 0.29) is 0 Å². The van der Waals surface area contributed by atoms with Gasteiger partial charge < -0.3 is 0 Å². The fourth-order valence-corrected chi connectivity index (χ4v) is 51.0. The van der Waals surface area contributed by atoms with Gasteiger partial charge in [-0.05, 0) is 0 Å². The third-order valence-electron chi connectivity index (χ3n) is 6.65. The van der Waals surface area contributed by atoms with Crippen molar-refractivity contribution in [3.8, 4) is 0 Å². The molecular weight excluding hydrogens is 563 g/mol. The van der Waals surface area contributed by atoms with E-state index in [2.05, 4.69) is 153 Å². The Morgan fingerprint density at radius 3 is 0.647 bits per heavy atom. The van der Waals surface area contributed by atoms with E-state index < -0.39 is 64.7 Å². The summed E-state index contributed by atoms with van der Waals surface area (Å²) in [6.45, 7) is 46.9. The minimum atomic E-state index is -1.92. The maximum absolute atomic E-state index is 2.86. The second-order valence-corrected chi connectivity index (χ2v) is 60.0. The van der Waals surface area contributed by atoms with Crippen molar-refractivity contribution in [3.63, 3.8) is 0 Å². The van der Waals surface area contributed by atoms with E-state index >= 15 is 0 Å². The van der Waals surface area contributed by atoms with E-state index in [1.165, 1.54) is 0 Å². The van der Waals surface area contributed by atoms with Crippen LogP contribution < -0.4 is 0 Å². The summed E-state index contributed by atoms with van der Waals surface area (Å²) < 4.78 is 2.74. The molecule has 0 radical (unpaired) electrons. The summed E-state index contributed by atoms with van der Waals surface area (Å²) in [4.78, 5) is 0. The van der Waals surface area contributed by atoms with E-state index in [9.17, 15) is 0 Å². The van der Waals surface area contributed by atoms with Gasteiger partial charge in [0, 0.05) is 0 Å². The Bertz CT molecular complexity index is 613. The Hall–Kier alpha value is 1.16. The molecule has 0 bridgehead atoms. The molecule has 0 amide bonds. The molecule has 0 nitrogen and oxygen atoms in total. The molecule has 198 valence electrons. The summed E-state index contributed by atoms with van der Waals surface area (Å²) in [5.74, 6) is 0. The zero-order chi connectivity index (χ0) is 27.6. The molecule has 3 unspecified atom stereocenters. The molecule has 34 heavy (non-hydrogen) atoms. The Morgan fingerprint density at radius 2 is 0.529 bits per heavy atom. The van der Waals surface area contributed by atoms with Crippen molar-refractivity contribution >= 4 is 64.7 Å². The summed E-state index contributed by atoms with van der Waals surface area (Å²) in [7, 11) is -7.79. The van der Waals surface area contributed by atoms with Crippen molar-refractivity contribution in [1.29, 1.82) is 0 Å². The van der Waals surface area contributed by atoms with Crippen LogP contribution in [-0.2, 0) is 0 Å². The molecule has 0 aromatic heterocycles. The molecule has 0 spiro atoms.